The number of benzene rings is 4. The number of anilines is 1. The second-order valence-corrected chi connectivity index (χ2v) is 12.6. The third kappa shape index (κ3) is 7.83. The second kappa shape index (κ2) is 14.4. The first kappa shape index (κ1) is 31.8. The van der Waals surface area contributed by atoms with Crippen LogP contribution in [0.25, 0.3) is 0 Å². The number of hydrogen-bond donors (Lipinski definition) is 1. The highest BCUT2D eigenvalue weighted by molar-refractivity contribution is 7.92. The van der Waals surface area contributed by atoms with Gasteiger partial charge in [0.15, 0.2) is 0 Å². The Bertz CT molecular complexity index is 1650. The van der Waals surface area contributed by atoms with Gasteiger partial charge in [0, 0.05) is 24.5 Å². The summed E-state index contributed by atoms with van der Waals surface area (Å²) in [7, 11) is -4.20. The molecule has 0 fully saturated rings. The maximum atomic E-state index is 14.4. The van der Waals surface area contributed by atoms with Crippen molar-refractivity contribution < 1.29 is 18.0 Å². The standard InChI is InChI=1S/C34H36ClN3O4S/c1-4-36-34(40)32(22-27-12-7-5-8-13-27)37(23-28-14-9-6-10-15-28)33(39)24-38(31-17-11-16-30(35)26(31)3)43(41,42)29-20-18-25(2)19-21-29/h5-21,32H,4,22-24H2,1-3H3,(H,36,40). The number of hydrogen-bond acceptors (Lipinski definition) is 4. The first-order valence-electron chi connectivity index (χ1n) is 14.1. The van der Waals surface area contributed by atoms with Crippen LogP contribution in [0.5, 0.6) is 0 Å². The molecule has 0 aromatic heterocycles. The van der Waals surface area contributed by atoms with Crippen LogP contribution >= 0.6 is 11.6 Å². The molecule has 43 heavy (non-hydrogen) atoms. The maximum absolute atomic E-state index is 14.4. The smallest absolute Gasteiger partial charge is 0.264 e. The van der Waals surface area contributed by atoms with E-state index >= 15 is 0 Å². The van der Waals surface area contributed by atoms with E-state index in [4.69, 9.17) is 11.6 Å². The third-order valence-electron chi connectivity index (χ3n) is 7.21. The zero-order chi connectivity index (χ0) is 31.0. The van der Waals surface area contributed by atoms with Crippen LogP contribution in [0, 0.1) is 13.8 Å². The van der Waals surface area contributed by atoms with E-state index in [1.807, 2.05) is 74.5 Å². The Kier molecular flexibility index (Phi) is 10.6. The Morgan fingerprint density at radius 3 is 2.02 bits per heavy atom. The zero-order valence-corrected chi connectivity index (χ0v) is 26.1. The van der Waals surface area contributed by atoms with Crippen molar-refractivity contribution in [2.75, 3.05) is 17.4 Å². The van der Waals surface area contributed by atoms with Gasteiger partial charge in [-0.15, -0.1) is 0 Å². The van der Waals surface area contributed by atoms with E-state index < -0.39 is 28.5 Å². The summed E-state index contributed by atoms with van der Waals surface area (Å²) in [5, 5.41) is 3.24. The minimum absolute atomic E-state index is 0.0458. The fourth-order valence-electron chi connectivity index (χ4n) is 4.84. The van der Waals surface area contributed by atoms with Gasteiger partial charge in [0.1, 0.15) is 12.6 Å². The third-order valence-corrected chi connectivity index (χ3v) is 9.40. The molecule has 0 aliphatic carbocycles. The zero-order valence-electron chi connectivity index (χ0n) is 24.5. The highest BCUT2D eigenvalue weighted by Crippen LogP contribution is 2.31. The van der Waals surface area contributed by atoms with Gasteiger partial charge in [0.2, 0.25) is 11.8 Å². The van der Waals surface area contributed by atoms with E-state index in [2.05, 4.69) is 5.32 Å². The molecule has 0 radical (unpaired) electrons. The van der Waals surface area contributed by atoms with E-state index in [0.29, 0.717) is 22.8 Å². The lowest BCUT2D eigenvalue weighted by Crippen LogP contribution is -2.53. The van der Waals surface area contributed by atoms with Crippen LogP contribution in [0.2, 0.25) is 5.02 Å². The van der Waals surface area contributed by atoms with Crippen LogP contribution in [0.1, 0.15) is 29.2 Å². The van der Waals surface area contributed by atoms with Crippen LogP contribution in [-0.2, 0) is 32.6 Å². The second-order valence-electron chi connectivity index (χ2n) is 10.3. The molecule has 0 saturated heterocycles. The largest absolute Gasteiger partial charge is 0.355 e. The van der Waals surface area contributed by atoms with Gasteiger partial charge in [0.05, 0.1) is 10.6 Å². The van der Waals surface area contributed by atoms with Crippen molar-refractivity contribution in [2.45, 2.75) is 44.7 Å². The molecular weight excluding hydrogens is 582 g/mol. The van der Waals surface area contributed by atoms with Gasteiger partial charge in [-0.1, -0.05) is 96.0 Å². The molecule has 4 aromatic rings. The lowest BCUT2D eigenvalue weighted by molar-refractivity contribution is -0.140. The predicted molar refractivity (Wildman–Crippen MR) is 172 cm³/mol. The van der Waals surface area contributed by atoms with Crippen molar-refractivity contribution in [3.8, 4) is 0 Å². The number of carbonyl (C=O) groups excluding carboxylic acids is 2. The Morgan fingerprint density at radius 2 is 1.42 bits per heavy atom. The molecule has 4 aromatic carbocycles. The lowest BCUT2D eigenvalue weighted by atomic mass is 10.0. The van der Waals surface area contributed by atoms with Crippen LogP contribution < -0.4 is 9.62 Å². The van der Waals surface area contributed by atoms with E-state index in [1.165, 1.54) is 17.0 Å². The summed E-state index contributed by atoms with van der Waals surface area (Å²) in [4.78, 5) is 29.5. The molecule has 1 N–H and O–H groups in total. The van der Waals surface area contributed by atoms with E-state index in [-0.39, 0.29) is 23.8 Å². The number of nitrogens with one attached hydrogen (secondary N) is 1. The van der Waals surface area contributed by atoms with Gasteiger partial charge < -0.3 is 10.2 Å². The number of halogens is 1. The van der Waals surface area contributed by atoms with Gasteiger partial charge in [-0.25, -0.2) is 8.42 Å². The number of amides is 2. The van der Waals surface area contributed by atoms with Crippen LogP contribution in [0.15, 0.2) is 108 Å². The van der Waals surface area contributed by atoms with Gasteiger partial charge in [0.25, 0.3) is 10.0 Å². The normalized spacial score (nSPS) is 11.9. The first-order chi connectivity index (χ1) is 20.6. The molecule has 0 bridgehead atoms. The molecule has 2 amide bonds. The number of rotatable bonds is 12. The molecule has 1 unspecified atom stereocenters. The summed E-state index contributed by atoms with van der Waals surface area (Å²) in [5.41, 5.74) is 3.40. The van der Waals surface area contributed by atoms with Crippen LogP contribution in [-0.4, -0.2) is 44.3 Å². The molecule has 0 saturated carbocycles. The molecule has 0 aliphatic heterocycles. The average Bonchev–Trinajstić information content (AvgIpc) is 3.00. The molecule has 7 nitrogen and oxygen atoms in total. The van der Waals surface area contributed by atoms with Gasteiger partial charge >= 0.3 is 0 Å². The molecule has 0 heterocycles. The number of sulfonamides is 1. The van der Waals surface area contributed by atoms with Crippen molar-refractivity contribution in [1.82, 2.24) is 10.2 Å². The van der Waals surface area contributed by atoms with Gasteiger partial charge in [-0.3, -0.25) is 13.9 Å². The lowest BCUT2D eigenvalue weighted by Gasteiger charge is -2.34. The maximum Gasteiger partial charge on any atom is 0.264 e. The van der Waals surface area contributed by atoms with Crippen molar-refractivity contribution >= 4 is 39.1 Å². The number of likely N-dealkylation sites (N-methyl/N-ethyl adjacent to an activating group) is 1. The molecule has 0 spiro atoms. The first-order valence-corrected chi connectivity index (χ1v) is 15.9. The summed E-state index contributed by atoms with van der Waals surface area (Å²) < 4.78 is 29.4. The average molecular weight is 618 g/mol. The minimum atomic E-state index is -4.20. The topological polar surface area (TPSA) is 86.8 Å². The van der Waals surface area contributed by atoms with Crippen LogP contribution in [0.4, 0.5) is 5.69 Å². The fraction of sp³-hybridized carbons (Fsp3) is 0.235. The Hall–Kier alpha value is -4.14. The fourth-order valence-corrected chi connectivity index (χ4v) is 6.48. The summed E-state index contributed by atoms with van der Waals surface area (Å²) >= 11 is 6.43. The molecule has 224 valence electrons. The SMILES string of the molecule is CCNC(=O)C(Cc1ccccc1)N(Cc1ccccc1)C(=O)CN(c1cccc(Cl)c1C)S(=O)(=O)c1ccc(C)cc1. The quantitative estimate of drug-likeness (QED) is 0.214. The summed E-state index contributed by atoms with van der Waals surface area (Å²) in [5.74, 6) is -0.839. The molecule has 4 rings (SSSR count). The van der Waals surface area contributed by atoms with Gasteiger partial charge in [-0.05, 0) is 61.7 Å². The Morgan fingerprint density at radius 1 is 0.814 bits per heavy atom. The number of aryl methyl sites for hydroxylation is 1. The molecular formula is C34H36ClN3O4S. The summed E-state index contributed by atoms with van der Waals surface area (Å²) in [6.07, 6.45) is 0.256. The van der Waals surface area contributed by atoms with Crippen molar-refractivity contribution in [3.05, 3.63) is 130 Å². The minimum Gasteiger partial charge on any atom is -0.355 e. The van der Waals surface area contributed by atoms with Crippen LogP contribution in [0.3, 0.4) is 0 Å². The van der Waals surface area contributed by atoms with Crippen molar-refractivity contribution in [2.24, 2.45) is 0 Å². The highest BCUT2D eigenvalue weighted by Gasteiger charge is 2.35. The van der Waals surface area contributed by atoms with Crippen molar-refractivity contribution in [3.63, 3.8) is 0 Å². The van der Waals surface area contributed by atoms with E-state index in [0.717, 1.165) is 21.0 Å². The molecule has 1 atom stereocenters. The van der Waals surface area contributed by atoms with Gasteiger partial charge in [-0.2, -0.15) is 0 Å². The Balaban J connectivity index is 1.81. The number of carbonyl (C=O) groups is 2. The Labute approximate surface area is 259 Å². The summed E-state index contributed by atoms with van der Waals surface area (Å²) in [6, 6.07) is 29.3. The molecule has 0 aliphatic rings. The highest BCUT2D eigenvalue weighted by atomic mass is 35.5. The summed E-state index contributed by atoms with van der Waals surface area (Å²) in [6.45, 7) is 5.37. The predicted octanol–water partition coefficient (Wildman–Crippen LogP) is 5.93. The monoisotopic (exact) mass is 617 g/mol. The van der Waals surface area contributed by atoms with E-state index in [9.17, 15) is 18.0 Å². The van der Waals surface area contributed by atoms with Crippen molar-refractivity contribution in [1.29, 1.82) is 0 Å². The van der Waals surface area contributed by atoms with E-state index in [1.54, 1.807) is 37.3 Å². The molecule has 9 heteroatoms. The number of nitrogens with zero attached hydrogens (tertiary/aromatic N) is 2.